The van der Waals surface area contributed by atoms with Crippen LogP contribution in [0.3, 0.4) is 0 Å². The van der Waals surface area contributed by atoms with Crippen molar-refractivity contribution in [3.63, 3.8) is 0 Å². The molecule has 1 aliphatic rings. The summed E-state index contributed by atoms with van der Waals surface area (Å²) in [5, 5.41) is 4.07. The van der Waals surface area contributed by atoms with Gasteiger partial charge in [-0.2, -0.15) is 5.10 Å². The van der Waals surface area contributed by atoms with Crippen LogP contribution in [0.25, 0.3) is 5.82 Å². The van der Waals surface area contributed by atoms with Gasteiger partial charge in [0.15, 0.2) is 5.82 Å². The number of carbonyl (C=O) groups excluding carboxylic acids is 1. The Hall–Kier alpha value is -3.09. The van der Waals surface area contributed by atoms with Crippen LogP contribution in [-0.4, -0.2) is 36.7 Å². The van der Waals surface area contributed by atoms with Crippen LogP contribution in [0, 0.1) is 0 Å². The Bertz CT molecular complexity index is 843. The number of carbonyl (C=O) groups is 1. The lowest BCUT2D eigenvalue weighted by molar-refractivity contribution is 0.0976. The zero-order chi connectivity index (χ0) is 17.1. The normalized spacial score (nSPS) is 14.6. The van der Waals surface area contributed by atoms with E-state index in [1.165, 1.54) is 11.0 Å². The van der Waals surface area contributed by atoms with E-state index in [-0.39, 0.29) is 11.9 Å². The molecule has 0 spiro atoms. The third-order valence-corrected chi connectivity index (χ3v) is 4.45. The molecule has 0 saturated heterocycles. The van der Waals surface area contributed by atoms with Gasteiger partial charge in [-0.1, -0.05) is 18.9 Å². The molecule has 1 fully saturated rings. The summed E-state index contributed by atoms with van der Waals surface area (Å²) in [6.07, 6.45) is 10.6. The summed E-state index contributed by atoms with van der Waals surface area (Å²) in [5.41, 5.74) is 0.568. The minimum absolute atomic E-state index is 0.0608. The molecular formula is C18H18N6O. The molecule has 7 heteroatoms. The first-order valence-electron chi connectivity index (χ1n) is 8.38. The van der Waals surface area contributed by atoms with Gasteiger partial charge < -0.3 is 0 Å². The highest BCUT2D eigenvalue weighted by Gasteiger charge is 2.29. The van der Waals surface area contributed by atoms with Crippen molar-refractivity contribution in [1.29, 1.82) is 0 Å². The van der Waals surface area contributed by atoms with Crippen molar-refractivity contribution < 1.29 is 4.79 Å². The molecular weight excluding hydrogens is 316 g/mol. The standard InChI is InChI=1S/C18H18N6O/c25-18(14-8-10-21-17(11-14)23-13-19-12-22-23)24(15-5-1-2-6-15)16-7-3-4-9-20-16/h3-4,7-13,15H,1-2,5-6H2. The maximum Gasteiger partial charge on any atom is 0.259 e. The first kappa shape index (κ1) is 15.4. The summed E-state index contributed by atoms with van der Waals surface area (Å²) in [4.78, 5) is 27.7. The van der Waals surface area contributed by atoms with E-state index in [0.717, 1.165) is 25.7 Å². The van der Waals surface area contributed by atoms with Gasteiger partial charge in [0.05, 0.1) is 0 Å². The SMILES string of the molecule is O=C(c1ccnc(-n2cncn2)c1)N(c1ccccn1)C1CCCC1. The number of hydrogen-bond donors (Lipinski definition) is 0. The molecule has 0 bridgehead atoms. The number of nitrogens with zero attached hydrogens (tertiary/aromatic N) is 6. The second kappa shape index (κ2) is 6.80. The number of anilines is 1. The van der Waals surface area contributed by atoms with Gasteiger partial charge in [-0.15, -0.1) is 0 Å². The molecule has 25 heavy (non-hydrogen) atoms. The molecule has 3 heterocycles. The number of hydrogen-bond acceptors (Lipinski definition) is 5. The monoisotopic (exact) mass is 334 g/mol. The zero-order valence-electron chi connectivity index (χ0n) is 13.7. The van der Waals surface area contributed by atoms with Crippen LogP contribution in [0.5, 0.6) is 0 Å². The maximum atomic E-state index is 13.3. The largest absolute Gasteiger partial charge is 0.290 e. The van der Waals surface area contributed by atoms with E-state index in [0.29, 0.717) is 17.2 Å². The summed E-state index contributed by atoms with van der Waals surface area (Å²) >= 11 is 0. The quantitative estimate of drug-likeness (QED) is 0.733. The summed E-state index contributed by atoms with van der Waals surface area (Å²) in [7, 11) is 0. The molecule has 0 N–H and O–H groups in total. The fraction of sp³-hybridized carbons (Fsp3) is 0.278. The minimum atomic E-state index is -0.0608. The third-order valence-electron chi connectivity index (χ3n) is 4.45. The average Bonchev–Trinajstić information content (AvgIpc) is 3.37. The number of aromatic nitrogens is 5. The summed E-state index contributed by atoms with van der Waals surface area (Å²) in [6, 6.07) is 9.30. The first-order valence-corrected chi connectivity index (χ1v) is 8.38. The molecule has 1 saturated carbocycles. The van der Waals surface area contributed by atoms with Crippen molar-refractivity contribution in [3.05, 3.63) is 60.9 Å². The van der Waals surface area contributed by atoms with Crippen LogP contribution in [0.2, 0.25) is 0 Å². The fourth-order valence-corrected chi connectivity index (χ4v) is 3.26. The van der Waals surface area contributed by atoms with Gasteiger partial charge in [0.2, 0.25) is 0 Å². The molecule has 0 unspecified atom stereocenters. The van der Waals surface area contributed by atoms with Gasteiger partial charge in [-0.3, -0.25) is 9.69 Å². The lowest BCUT2D eigenvalue weighted by atomic mass is 10.1. The van der Waals surface area contributed by atoms with E-state index in [4.69, 9.17) is 0 Å². The van der Waals surface area contributed by atoms with E-state index < -0.39 is 0 Å². The van der Waals surface area contributed by atoms with Gasteiger partial charge in [0.25, 0.3) is 5.91 Å². The Labute approximate surface area is 145 Å². The van der Waals surface area contributed by atoms with Gasteiger partial charge >= 0.3 is 0 Å². The maximum absolute atomic E-state index is 13.3. The molecule has 0 aliphatic heterocycles. The fourth-order valence-electron chi connectivity index (χ4n) is 3.26. The molecule has 1 aliphatic carbocycles. The van der Waals surface area contributed by atoms with Crippen LogP contribution in [0.15, 0.2) is 55.4 Å². The second-order valence-electron chi connectivity index (χ2n) is 6.04. The van der Waals surface area contributed by atoms with Gasteiger partial charge in [-0.25, -0.2) is 19.6 Å². The second-order valence-corrected chi connectivity index (χ2v) is 6.04. The van der Waals surface area contributed by atoms with Crippen LogP contribution >= 0.6 is 0 Å². The van der Waals surface area contributed by atoms with Gasteiger partial charge in [-0.05, 0) is 37.1 Å². The zero-order valence-corrected chi connectivity index (χ0v) is 13.7. The van der Waals surface area contributed by atoms with Gasteiger partial charge in [0, 0.05) is 24.0 Å². The number of amides is 1. The number of rotatable bonds is 4. The van der Waals surface area contributed by atoms with Crippen molar-refractivity contribution in [2.45, 2.75) is 31.7 Å². The lowest BCUT2D eigenvalue weighted by Crippen LogP contribution is -2.39. The van der Waals surface area contributed by atoms with Crippen molar-refractivity contribution in [3.8, 4) is 5.82 Å². The smallest absolute Gasteiger partial charge is 0.259 e. The molecule has 126 valence electrons. The summed E-state index contributed by atoms with van der Waals surface area (Å²) in [5.74, 6) is 1.20. The van der Waals surface area contributed by atoms with Crippen LogP contribution in [0.1, 0.15) is 36.0 Å². The minimum Gasteiger partial charge on any atom is -0.290 e. The third kappa shape index (κ3) is 3.13. The van der Waals surface area contributed by atoms with Crippen molar-refractivity contribution in [2.24, 2.45) is 0 Å². The van der Waals surface area contributed by atoms with E-state index in [1.54, 1.807) is 30.9 Å². The molecule has 7 nitrogen and oxygen atoms in total. The topological polar surface area (TPSA) is 76.8 Å². The molecule has 0 radical (unpaired) electrons. The molecule has 0 atom stereocenters. The summed E-state index contributed by atoms with van der Waals surface area (Å²) < 4.78 is 1.54. The predicted octanol–water partition coefficient (Wildman–Crippen LogP) is 2.65. The van der Waals surface area contributed by atoms with Crippen molar-refractivity contribution in [2.75, 3.05) is 4.90 Å². The van der Waals surface area contributed by atoms with E-state index in [1.807, 2.05) is 23.1 Å². The molecule has 1 amide bonds. The Morgan fingerprint density at radius 3 is 2.72 bits per heavy atom. The molecule has 3 aromatic heterocycles. The van der Waals surface area contributed by atoms with Crippen LogP contribution in [-0.2, 0) is 0 Å². The van der Waals surface area contributed by atoms with Gasteiger partial charge in [0.1, 0.15) is 18.5 Å². The highest BCUT2D eigenvalue weighted by molar-refractivity contribution is 6.06. The Kier molecular flexibility index (Phi) is 4.20. The van der Waals surface area contributed by atoms with E-state index in [2.05, 4.69) is 20.1 Å². The summed E-state index contributed by atoms with van der Waals surface area (Å²) in [6.45, 7) is 0. The molecule has 3 aromatic rings. The average molecular weight is 334 g/mol. The van der Waals surface area contributed by atoms with Crippen molar-refractivity contribution >= 4 is 11.7 Å². The Morgan fingerprint density at radius 2 is 2.00 bits per heavy atom. The Balaban J connectivity index is 1.70. The van der Waals surface area contributed by atoms with Crippen LogP contribution in [0.4, 0.5) is 5.82 Å². The van der Waals surface area contributed by atoms with E-state index in [9.17, 15) is 4.79 Å². The predicted molar refractivity (Wildman–Crippen MR) is 92.5 cm³/mol. The van der Waals surface area contributed by atoms with Crippen molar-refractivity contribution in [1.82, 2.24) is 24.7 Å². The highest BCUT2D eigenvalue weighted by atomic mass is 16.2. The van der Waals surface area contributed by atoms with Crippen LogP contribution < -0.4 is 4.90 Å². The number of pyridine rings is 2. The Morgan fingerprint density at radius 1 is 1.12 bits per heavy atom. The lowest BCUT2D eigenvalue weighted by Gasteiger charge is -2.28. The highest BCUT2D eigenvalue weighted by Crippen LogP contribution is 2.28. The molecule has 4 rings (SSSR count). The first-order chi connectivity index (χ1) is 12.3. The molecule has 0 aromatic carbocycles. The van der Waals surface area contributed by atoms with E-state index >= 15 is 0 Å².